The van der Waals surface area contributed by atoms with E-state index in [1.165, 1.54) is 0 Å². The molecule has 2 aromatic carbocycles. The van der Waals surface area contributed by atoms with Crippen molar-refractivity contribution in [3.8, 4) is 28.6 Å². The molecule has 0 N–H and O–H groups in total. The summed E-state index contributed by atoms with van der Waals surface area (Å²) in [6, 6.07) is 13.5. The van der Waals surface area contributed by atoms with E-state index in [2.05, 4.69) is 14.7 Å². The summed E-state index contributed by atoms with van der Waals surface area (Å²) in [5.74, 6) is 1.35. The molecule has 0 aliphatic rings. The van der Waals surface area contributed by atoms with E-state index in [9.17, 15) is 4.79 Å². The van der Waals surface area contributed by atoms with E-state index in [-0.39, 0.29) is 12.1 Å². The number of nitrogens with zero attached hydrogens (tertiary/aromatic N) is 3. The number of hydrogen-bond acceptors (Lipinski definition) is 6. The third-order valence-corrected chi connectivity index (χ3v) is 5.38. The first kappa shape index (κ1) is 22.9. The Kier molecular flexibility index (Phi) is 6.99. The number of aryl methyl sites for hydroxylation is 1. The number of carbonyl (C=O) groups is 1. The summed E-state index contributed by atoms with van der Waals surface area (Å²) < 4.78 is 18.3. The van der Waals surface area contributed by atoms with Crippen LogP contribution in [-0.4, -0.2) is 33.4 Å². The Balaban J connectivity index is 1.49. The highest BCUT2D eigenvalue weighted by Crippen LogP contribution is 2.32. The second-order valence-corrected chi connectivity index (χ2v) is 8.33. The largest absolute Gasteiger partial charge is 0.489 e. The van der Waals surface area contributed by atoms with Crippen LogP contribution in [0.15, 0.2) is 53.2 Å². The van der Waals surface area contributed by atoms with Crippen LogP contribution in [0.2, 0.25) is 5.02 Å². The van der Waals surface area contributed by atoms with Crippen LogP contribution in [-0.2, 0) is 16.1 Å². The van der Waals surface area contributed by atoms with Gasteiger partial charge in [-0.15, -0.1) is 0 Å². The number of hydrogen-bond donors (Lipinski definition) is 0. The van der Waals surface area contributed by atoms with Crippen LogP contribution in [0.4, 0.5) is 0 Å². The number of benzene rings is 2. The number of esters is 1. The lowest BCUT2D eigenvalue weighted by molar-refractivity contribution is -0.143. The van der Waals surface area contributed by atoms with Crippen LogP contribution in [0.1, 0.15) is 33.6 Å². The van der Waals surface area contributed by atoms with Crippen LogP contribution in [0.3, 0.4) is 0 Å². The molecule has 0 radical (unpaired) electrons. The molecule has 4 aromatic rings. The zero-order valence-corrected chi connectivity index (χ0v) is 19.6. The standard InChI is InChI=1S/C25H26ClN3O4/c1-4-31-23(30)6-5-12-29-13-11-17-14-18(7-9-21(17)29)24-27-25(33-28-24)19-8-10-22(20(26)15-19)32-16(2)3/h7-11,13-16H,4-6,12H2,1-3H3. The first-order valence-electron chi connectivity index (χ1n) is 11.0. The molecule has 2 aromatic heterocycles. The van der Waals surface area contributed by atoms with E-state index in [0.29, 0.717) is 35.5 Å². The summed E-state index contributed by atoms with van der Waals surface area (Å²) in [6.45, 7) is 6.86. The summed E-state index contributed by atoms with van der Waals surface area (Å²) in [6.07, 6.45) is 3.18. The number of ether oxygens (including phenoxy) is 2. The van der Waals surface area contributed by atoms with Crippen molar-refractivity contribution in [2.75, 3.05) is 6.61 Å². The highest BCUT2D eigenvalue weighted by Gasteiger charge is 2.14. The van der Waals surface area contributed by atoms with Crippen molar-refractivity contribution in [1.29, 1.82) is 0 Å². The van der Waals surface area contributed by atoms with E-state index in [1.807, 2.05) is 57.3 Å². The predicted molar refractivity (Wildman–Crippen MR) is 127 cm³/mol. The maximum absolute atomic E-state index is 11.6. The minimum Gasteiger partial charge on any atom is -0.489 e. The molecule has 8 heteroatoms. The molecular formula is C25H26ClN3O4. The molecule has 0 bridgehead atoms. The van der Waals surface area contributed by atoms with Crippen molar-refractivity contribution >= 4 is 28.5 Å². The van der Waals surface area contributed by atoms with Gasteiger partial charge < -0.3 is 18.6 Å². The first-order chi connectivity index (χ1) is 15.9. The van der Waals surface area contributed by atoms with Crippen LogP contribution in [0, 0.1) is 0 Å². The molecule has 0 aliphatic heterocycles. The molecule has 7 nitrogen and oxygen atoms in total. The van der Waals surface area contributed by atoms with E-state index in [1.54, 1.807) is 12.1 Å². The highest BCUT2D eigenvalue weighted by atomic mass is 35.5. The van der Waals surface area contributed by atoms with Crippen molar-refractivity contribution in [2.24, 2.45) is 0 Å². The normalized spacial score (nSPS) is 11.3. The van der Waals surface area contributed by atoms with Gasteiger partial charge in [-0.3, -0.25) is 4.79 Å². The number of carbonyl (C=O) groups excluding carboxylic acids is 1. The Labute approximate surface area is 197 Å². The van der Waals surface area contributed by atoms with Gasteiger partial charge in [-0.25, -0.2) is 0 Å². The molecule has 0 amide bonds. The summed E-state index contributed by atoms with van der Waals surface area (Å²) in [5.41, 5.74) is 2.66. The third kappa shape index (κ3) is 5.37. The Hall–Kier alpha value is -3.32. The molecule has 0 aliphatic carbocycles. The predicted octanol–water partition coefficient (Wildman–Crippen LogP) is 6.14. The molecule has 172 valence electrons. The zero-order valence-electron chi connectivity index (χ0n) is 18.9. The average molecular weight is 468 g/mol. The molecule has 2 heterocycles. The first-order valence-corrected chi connectivity index (χ1v) is 11.4. The fraction of sp³-hybridized carbons (Fsp3) is 0.320. The average Bonchev–Trinajstić information content (AvgIpc) is 3.42. The lowest BCUT2D eigenvalue weighted by Gasteiger charge is -2.11. The summed E-state index contributed by atoms with van der Waals surface area (Å²) in [7, 11) is 0. The monoisotopic (exact) mass is 467 g/mol. The van der Waals surface area contributed by atoms with Crippen LogP contribution < -0.4 is 4.74 Å². The van der Waals surface area contributed by atoms with Gasteiger partial charge in [0.25, 0.3) is 5.89 Å². The number of aromatic nitrogens is 3. The van der Waals surface area contributed by atoms with Gasteiger partial charge in [0.15, 0.2) is 0 Å². The van der Waals surface area contributed by atoms with Gasteiger partial charge in [-0.05, 0) is 69.7 Å². The van der Waals surface area contributed by atoms with Gasteiger partial charge in [0.2, 0.25) is 5.82 Å². The molecule has 0 saturated carbocycles. The van der Waals surface area contributed by atoms with Gasteiger partial charge in [0.1, 0.15) is 5.75 Å². The Morgan fingerprint density at radius 2 is 1.97 bits per heavy atom. The van der Waals surface area contributed by atoms with Crippen molar-refractivity contribution < 1.29 is 18.8 Å². The Morgan fingerprint density at radius 1 is 1.15 bits per heavy atom. The maximum atomic E-state index is 11.6. The Morgan fingerprint density at radius 3 is 2.73 bits per heavy atom. The molecular weight excluding hydrogens is 442 g/mol. The quantitative estimate of drug-likeness (QED) is 0.275. The fourth-order valence-corrected chi connectivity index (χ4v) is 3.83. The molecule has 0 saturated heterocycles. The van der Waals surface area contributed by atoms with E-state index in [0.717, 1.165) is 35.0 Å². The van der Waals surface area contributed by atoms with Crippen molar-refractivity contribution in [1.82, 2.24) is 14.7 Å². The van der Waals surface area contributed by atoms with E-state index < -0.39 is 0 Å². The molecule has 4 rings (SSSR count). The van der Waals surface area contributed by atoms with Crippen molar-refractivity contribution in [3.05, 3.63) is 53.7 Å². The summed E-state index contributed by atoms with van der Waals surface area (Å²) >= 11 is 6.34. The summed E-state index contributed by atoms with van der Waals surface area (Å²) in [5, 5.41) is 5.70. The van der Waals surface area contributed by atoms with Crippen LogP contribution >= 0.6 is 11.6 Å². The van der Waals surface area contributed by atoms with Gasteiger partial charge in [0, 0.05) is 41.2 Å². The fourth-order valence-electron chi connectivity index (χ4n) is 3.60. The number of halogens is 1. The van der Waals surface area contributed by atoms with Crippen LogP contribution in [0.25, 0.3) is 33.7 Å². The summed E-state index contributed by atoms with van der Waals surface area (Å²) in [4.78, 5) is 16.1. The minimum absolute atomic E-state index is 0.0331. The lowest BCUT2D eigenvalue weighted by atomic mass is 10.1. The SMILES string of the molecule is CCOC(=O)CCCn1ccc2cc(-c3noc(-c4ccc(OC(C)C)c(Cl)c4)n3)ccc21. The topological polar surface area (TPSA) is 79.4 Å². The van der Waals surface area contributed by atoms with E-state index >= 15 is 0 Å². The van der Waals surface area contributed by atoms with Crippen molar-refractivity contribution in [2.45, 2.75) is 46.3 Å². The molecule has 0 atom stereocenters. The lowest BCUT2D eigenvalue weighted by Crippen LogP contribution is -2.05. The second-order valence-electron chi connectivity index (χ2n) is 7.93. The van der Waals surface area contributed by atoms with Crippen molar-refractivity contribution in [3.63, 3.8) is 0 Å². The highest BCUT2D eigenvalue weighted by molar-refractivity contribution is 6.32. The van der Waals surface area contributed by atoms with Gasteiger partial charge in [-0.2, -0.15) is 4.98 Å². The molecule has 0 spiro atoms. The third-order valence-electron chi connectivity index (χ3n) is 5.08. The number of rotatable bonds is 9. The molecule has 0 unspecified atom stereocenters. The molecule has 0 fully saturated rings. The second kappa shape index (κ2) is 10.1. The van der Waals surface area contributed by atoms with Gasteiger partial charge in [-0.1, -0.05) is 16.8 Å². The Bertz CT molecular complexity index is 1260. The van der Waals surface area contributed by atoms with Gasteiger partial charge in [0.05, 0.1) is 17.7 Å². The van der Waals surface area contributed by atoms with Gasteiger partial charge >= 0.3 is 5.97 Å². The smallest absolute Gasteiger partial charge is 0.305 e. The van der Waals surface area contributed by atoms with E-state index in [4.69, 9.17) is 25.6 Å². The van der Waals surface area contributed by atoms with Crippen LogP contribution in [0.5, 0.6) is 5.75 Å². The minimum atomic E-state index is -0.160. The molecule has 33 heavy (non-hydrogen) atoms. The zero-order chi connectivity index (χ0) is 23.4. The number of fused-ring (bicyclic) bond motifs is 1. The maximum Gasteiger partial charge on any atom is 0.305 e.